The Kier molecular flexibility index (Phi) is 4.45. The van der Waals surface area contributed by atoms with Gasteiger partial charge >= 0.3 is 5.97 Å². The van der Waals surface area contributed by atoms with Gasteiger partial charge in [-0.25, -0.2) is 0 Å². The van der Waals surface area contributed by atoms with Gasteiger partial charge in [0.25, 0.3) is 0 Å². The summed E-state index contributed by atoms with van der Waals surface area (Å²) in [6.45, 7) is 2.94. The lowest BCUT2D eigenvalue weighted by molar-refractivity contribution is -0.137. The first-order chi connectivity index (χ1) is 12.2. The van der Waals surface area contributed by atoms with Gasteiger partial charge in [-0.3, -0.25) is 4.79 Å². The van der Waals surface area contributed by atoms with Crippen molar-refractivity contribution in [2.45, 2.75) is 31.2 Å². The minimum Gasteiger partial charge on any atom is -0.481 e. The molecule has 0 saturated carbocycles. The topological polar surface area (TPSA) is 43.8 Å². The van der Waals surface area contributed by atoms with Crippen molar-refractivity contribution in [2.24, 2.45) is 0 Å². The quantitative estimate of drug-likeness (QED) is 0.900. The van der Waals surface area contributed by atoms with Crippen LogP contribution in [0.5, 0.6) is 0 Å². The summed E-state index contributed by atoms with van der Waals surface area (Å²) < 4.78 is 0. The molecule has 0 aromatic heterocycles. The fourth-order valence-corrected chi connectivity index (χ4v) is 4.40. The van der Waals surface area contributed by atoms with Crippen molar-refractivity contribution in [3.05, 3.63) is 60.2 Å². The fraction of sp³-hybridized carbons (Fsp3) is 0.381. The molecule has 2 aromatic carbocycles. The SMILES string of the molecule is O=C(O)CCCN1CC[C@H]2[C@H](C1)c1ccccc1N2c1ccccc1. The molecule has 4 heteroatoms. The van der Waals surface area contributed by atoms with Crippen molar-refractivity contribution >= 4 is 17.3 Å². The third kappa shape index (κ3) is 3.14. The van der Waals surface area contributed by atoms with E-state index in [9.17, 15) is 4.79 Å². The van der Waals surface area contributed by atoms with E-state index in [-0.39, 0.29) is 6.42 Å². The van der Waals surface area contributed by atoms with Crippen LogP contribution in [-0.2, 0) is 4.79 Å². The molecule has 130 valence electrons. The Morgan fingerprint density at radius 3 is 2.64 bits per heavy atom. The maximum absolute atomic E-state index is 10.8. The average Bonchev–Trinajstić information content (AvgIpc) is 2.96. The summed E-state index contributed by atoms with van der Waals surface area (Å²) in [6, 6.07) is 19.9. The smallest absolute Gasteiger partial charge is 0.303 e. The van der Waals surface area contributed by atoms with Gasteiger partial charge in [-0.05, 0) is 43.1 Å². The molecule has 4 rings (SSSR count). The number of carbonyl (C=O) groups is 1. The van der Waals surface area contributed by atoms with Crippen LogP contribution in [0.2, 0.25) is 0 Å². The molecular weight excluding hydrogens is 312 g/mol. The first-order valence-electron chi connectivity index (χ1n) is 9.11. The largest absolute Gasteiger partial charge is 0.481 e. The highest BCUT2D eigenvalue weighted by molar-refractivity contribution is 5.73. The molecular formula is C21H24N2O2. The van der Waals surface area contributed by atoms with Gasteiger partial charge in [0.2, 0.25) is 0 Å². The van der Waals surface area contributed by atoms with Crippen LogP contribution < -0.4 is 4.90 Å². The number of fused-ring (bicyclic) bond motifs is 3. The van der Waals surface area contributed by atoms with Gasteiger partial charge in [0.15, 0.2) is 0 Å². The Labute approximate surface area is 148 Å². The summed E-state index contributed by atoms with van der Waals surface area (Å²) in [5.41, 5.74) is 4.03. The van der Waals surface area contributed by atoms with E-state index in [1.54, 1.807) is 0 Å². The third-order valence-electron chi connectivity index (χ3n) is 5.49. The molecule has 0 bridgehead atoms. The van der Waals surface area contributed by atoms with E-state index in [1.807, 2.05) is 0 Å². The number of para-hydroxylation sites is 2. The standard InChI is InChI=1S/C21H24N2O2/c24-21(25)11-6-13-22-14-12-20-18(15-22)17-9-4-5-10-19(17)23(20)16-7-2-1-3-8-16/h1-5,7-10,18,20H,6,11-15H2,(H,24,25)/t18-,20+/m1/s1. The first kappa shape index (κ1) is 16.2. The van der Waals surface area contributed by atoms with E-state index in [4.69, 9.17) is 5.11 Å². The highest BCUT2D eigenvalue weighted by atomic mass is 16.4. The lowest BCUT2D eigenvalue weighted by atomic mass is 9.89. The van der Waals surface area contributed by atoms with Crippen LogP contribution in [0.4, 0.5) is 11.4 Å². The number of rotatable bonds is 5. The van der Waals surface area contributed by atoms with Gasteiger partial charge in [-0.15, -0.1) is 0 Å². The number of nitrogens with zero attached hydrogens (tertiary/aromatic N) is 2. The van der Waals surface area contributed by atoms with E-state index in [1.165, 1.54) is 16.9 Å². The highest BCUT2D eigenvalue weighted by Crippen LogP contribution is 2.48. The molecule has 0 amide bonds. The third-order valence-corrected chi connectivity index (χ3v) is 5.49. The van der Waals surface area contributed by atoms with Gasteiger partial charge < -0.3 is 14.9 Å². The second kappa shape index (κ2) is 6.89. The van der Waals surface area contributed by atoms with E-state index in [0.29, 0.717) is 12.0 Å². The van der Waals surface area contributed by atoms with Crippen molar-refractivity contribution in [1.29, 1.82) is 0 Å². The number of anilines is 2. The van der Waals surface area contributed by atoms with Crippen molar-refractivity contribution < 1.29 is 9.90 Å². The maximum Gasteiger partial charge on any atom is 0.303 e. The minimum absolute atomic E-state index is 0.261. The van der Waals surface area contributed by atoms with Gasteiger partial charge in [-0.2, -0.15) is 0 Å². The molecule has 2 aliphatic heterocycles. The van der Waals surface area contributed by atoms with Gasteiger partial charge in [0, 0.05) is 42.8 Å². The Balaban J connectivity index is 1.56. The summed E-state index contributed by atoms with van der Waals surface area (Å²) in [6.07, 6.45) is 2.11. The van der Waals surface area contributed by atoms with E-state index in [2.05, 4.69) is 64.4 Å². The van der Waals surface area contributed by atoms with Crippen LogP contribution in [0.15, 0.2) is 54.6 Å². The molecule has 1 N–H and O–H groups in total. The molecule has 0 aliphatic carbocycles. The lowest BCUT2D eigenvalue weighted by Gasteiger charge is -2.39. The van der Waals surface area contributed by atoms with E-state index < -0.39 is 5.97 Å². The van der Waals surface area contributed by atoms with E-state index >= 15 is 0 Å². The molecule has 0 spiro atoms. The summed E-state index contributed by atoms with van der Waals surface area (Å²) in [5, 5.41) is 8.86. The Morgan fingerprint density at radius 1 is 1.08 bits per heavy atom. The van der Waals surface area contributed by atoms with Crippen molar-refractivity contribution in [3.63, 3.8) is 0 Å². The summed E-state index contributed by atoms with van der Waals surface area (Å²) in [4.78, 5) is 15.7. The second-order valence-corrected chi connectivity index (χ2v) is 7.02. The zero-order chi connectivity index (χ0) is 17.2. The number of aliphatic carboxylic acids is 1. The first-order valence-corrected chi connectivity index (χ1v) is 9.11. The van der Waals surface area contributed by atoms with Crippen LogP contribution in [0.3, 0.4) is 0 Å². The number of hydrogen-bond donors (Lipinski definition) is 1. The predicted molar refractivity (Wildman–Crippen MR) is 99.5 cm³/mol. The van der Waals surface area contributed by atoms with Crippen LogP contribution in [-0.4, -0.2) is 41.7 Å². The molecule has 25 heavy (non-hydrogen) atoms. The monoisotopic (exact) mass is 336 g/mol. The Morgan fingerprint density at radius 2 is 1.84 bits per heavy atom. The Hall–Kier alpha value is -2.33. The highest BCUT2D eigenvalue weighted by Gasteiger charge is 2.42. The minimum atomic E-state index is -0.698. The number of hydrogen-bond acceptors (Lipinski definition) is 3. The summed E-state index contributed by atoms with van der Waals surface area (Å²) >= 11 is 0. The molecule has 2 aromatic rings. The lowest BCUT2D eigenvalue weighted by Crippen LogP contribution is -2.45. The fourth-order valence-electron chi connectivity index (χ4n) is 4.40. The van der Waals surface area contributed by atoms with Gasteiger partial charge in [-0.1, -0.05) is 36.4 Å². The van der Waals surface area contributed by atoms with Crippen LogP contribution in [0, 0.1) is 0 Å². The van der Waals surface area contributed by atoms with Crippen LogP contribution in [0.25, 0.3) is 0 Å². The number of likely N-dealkylation sites (tertiary alicyclic amines) is 1. The molecule has 0 unspecified atom stereocenters. The zero-order valence-electron chi connectivity index (χ0n) is 14.3. The predicted octanol–water partition coefficient (Wildman–Crippen LogP) is 3.86. The molecule has 2 aliphatic rings. The van der Waals surface area contributed by atoms with Gasteiger partial charge in [0.1, 0.15) is 0 Å². The molecule has 4 nitrogen and oxygen atoms in total. The molecule has 2 atom stereocenters. The summed E-state index contributed by atoms with van der Waals surface area (Å²) in [7, 11) is 0. The van der Waals surface area contributed by atoms with Crippen molar-refractivity contribution in [2.75, 3.05) is 24.5 Å². The average molecular weight is 336 g/mol. The molecule has 1 fully saturated rings. The van der Waals surface area contributed by atoms with Crippen LogP contribution >= 0.6 is 0 Å². The number of carboxylic acid groups (broad SMARTS) is 1. The molecule has 0 radical (unpaired) electrons. The number of benzene rings is 2. The van der Waals surface area contributed by atoms with Crippen molar-refractivity contribution in [3.8, 4) is 0 Å². The summed E-state index contributed by atoms with van der Waals surface area (Å²) in [5.74, 6) is -0.202. The van der Waals surface area contributed by atoms with Crippen LogP contribution in [0.1, 0.15) is 30.7 Å². The normalized spacial score (nSPS) is 22.5. The number of carboxylic acids is 1. The number of piperidine rings is 1. The molecule has 1 saturated heterocycles. The second-order valence-electron chi connectivity index (χ2n) is 7.02. The van der Waals surface area contributed by atoms with E-state index in [0.717, 1.165) is 32.5 Å². The molecule has 2 heterocycles. The van der Waals surface area contributed by atoms with Crippen molar-refractivity contribution in [1.82, 2.24) is 4.90 Å². The maximum atomic E-state index is 10.8. The zero-order valence-corrected chi connectivity index (χ0v) is 14.3. The Bertz CT molecular complexity index is 747. The van der Waals surface area contributed by atoms with Gasteiger partial charge in [0.05, 0.1) is 0 Å².